The summed E-state index contributed by atoms with van der Waals surface area (Å²) in [7, 11) is 0. The molecule has 3 N–H and O–H groups in total. The molecular formula is C19H22N2O4. The minimum Gasteiger partial charge on any atom is -0.488 e. The number of rotatable bonds is 4. The summed E-state index contributed by atoms with van der Waals surface area (Å²) < 4.78 is 5.76. The van der Waals surface area contributed by atoms with E-state index in [9.17, 15) is 15.0 Å². The van der Waals surface area contributed by atoms with Crippen molar-refractivity contribution in [3.05, 3.63) is 59.9 Å². The van der Waals surface area contributed by atoms with Gasteiger partial charge in [0.05, 0.1) is 11.6 Å². The number of para-hydroxylation sites is 1. The van der Waals surface area contributed by atoms with Crippen LogP contribution < -0.4 is 10.1 Å². The van der Waals surface area contributed by atoms with Gasteiger partial charge in [-0.25, -0.2) is 0 Å². The molecule has 1 heterocycles. The quantitative estimate of drug-likeness (QED) is 0.782. The van der Waals surface area contributed by atoms with Crippen molar-refractivity contribution in [1.82, 2.24) is 10.3 Å². The smallest absolute Gasteiger partial charge is 0.253 e. The molecule has 0 spiro atoms. The van der Waals surface area contributed by atoms with E-state index in [0.717, 1.165) is 5.56 Å². The Morgan fingerprint density at radius 1 is 1.16 bits per heavy atom. The molecule has 1 aliphatic rings. The third-order valence-electron chi connectivity index (χ3n) is 4.39. The molecule has 1 aliphatic carbocycles. The molecule has 0 bridgehead atoms. The second kappa shape index (κ2) is 7.63. The second-order valence-electron chi connectivity index (χ2n) is 6.36. The van der Waals surface area contributed by atoms with Gasteiger partial charge < -0.3 is 20.3 Å². The molecule has 1 saturated carbocycles. The van der Waals surface area contributed by atoms with Crippen molar-refractivity contribution in [2.45, 2.75) is 44.1 Å². The van der Waals surface area contributed by atoms with Gasteiger partial charge in [0.2, 0.25) is 0 Å². The first-order chi connectivity index (χ1) is 12.0. The van der Waals surface area contributed by atoms with Crippen LogP contribution in [-0.2, 0) is 0 Å². The Morgan fingerprint density at radius 3 is 2.64 bits per heavy atom. The van der Waals surface area contributed by atoms with Crippen LogP contribution in [0.2, 0.25) is 0 Å². The zero-order valence-electron chi connectivity index (χ0n) is 14.0. The Balaban J connectivity index is 1.61. The van der Waals surface area contributed by atoms with Crippen LogP contribution in [0, 0.1) is 6.92 Å². The van der Waals surface area contributed by atoms with Crippen LogP contribution in [0.1, 0.15) is 28.8 Å². The van der Waals surface area contributed by atoms with Crippen LogP contribution in [-0.4, -0.2) is 45.5 Å². The number of carbonyl (C=O) groups excluding carboxylic acids is 1. The summed E-state index contributed by atoms with van der Waals surface area (Å²) in [5.74, 6) is 0.335. The fraction of sp³-hybridized carbons (Fsp3) is 0.368. The van der Waals surface area contributed by atoms with Crippen LogP contribution in [0.15, 0.2) is 48.8 Å². The summed E-state index contributed by atoms with van der Waals surface area (Å²) in [6, 6.07) is 10.4. The molecule has 1 amide bonds. The zero-order valence-corrected chi connectivity index (χ0v) is 14.0. The predicted octanol–water partition coefficient (Wildman–Crippen LogP) is 1.45. The molecule has 1 fully saturated rings. The average molecular weight is 342 g/mol. The number of benzene rings is 1. The molecule has 0 unspecified atom stereocenters. The van der Waals surface area contributed by atoms with E-state index in [4.69, 9.17) is 4.74 Å². The Morgan fingerprint density at radius 2 is 1.92 bits per heavy atom. The topological polar surface area (TPSA) is 91.7 Å². The lowest BCUT2D eigenvalue weighted by Gasteiger charge is -2.37. The lowest BCUT2D eigenvalue weighted by atomic mass is 9.87. The molecule has 0 aliphatic heterocycles. The van der Waals surface area contributed by atoms with Crippen molar-refractivity contribution >= 4 is 5.91 Å². The molecule has 1 aromatic carbocycles. The van der Waals surface area contributed by atoms with Crippen LogP contribution >= 0.6 is 0 Å². The number of aryl methyl sites for hydroxylation is 1. The van der Waals surface area contributed by atoms with E-state index in [-0.39, 0.29) is 5.91 Å². The van der Waals surface area contributed by atoms with Gasteiger partial charge in [-0.05, 0) is 43.5 Å². The Bertz CT molecular complexity index is 722. The SMILES string of the molecule is Cc1cncc(C(=O)N[C@@H]2CC[C@@H](Oc3ccccc3)[C@@H](O)[C@@H]2O)c1. The maximum Gasteiger partial charge on any atom is 0.253 e. The number of pyridine rings is 1. The first-order valence-corrected chi connectivity index (χ1v) is 8.35. The fourth-order valence-corrected chi connectivity index (χ4v) is 3.03. The molecule has 2 aromatic rings. The van der Waals surface area contributed by atoms with E-state index >= 15 is 0 Å². The minimum atomic E-state index is -1.09. The predicted molar refractivity (Wildman–Crippen MR) is 92.3 cm³/mol. The van der Waals surface area contributed by atoms with Gasteiger partial charge in [0.25, 0.3) is 5.91 Å². The number of aromatic nitrogens is 1. The number of aliphatic hydroxyl groups is 2. The van der Waals surface area contributed by atoms with E-state index in [1.807, 2.05) is 25.1 Å². The van der Waals surface area contributed by atoms with Crippen LogP contribution in [0.5, 0.6) is 5.75 Å². The molecule has 25 heavy (non-hydrogen) atoms. The Kier molecular flexibility index (Phi) is 5.31. The molecule has 1 aromatic heterocycles. The fourth-order valence-electron chi connectivity index (χ4n) is 3.03. The lowest BCUT2D eigenvalue weighted by Crippen LogP contribution is -2.57. The standard InChI is InChI=1S/C19H22N2O4/c1-12-9-13(11-20-10-12)19(24)21-15-7-8-16(18(23)17(15)22)25-14-5-3-2-4-6-14/h2-6,9-11,15-18,22-23H,7-8H2,1H3,(H,21,24)/t15-,16-,17-,18-/m1/s1. The van der Waals surface area contributed by atoms with E-state index in [0.29, 0.717) is 24.2 Å². The number of nitrogens with one attached hydrogen (secondary N) is 1. The van der Waals surface area contributed by atoms with Crippen molar-refractivity contribution in [3.63, 3.8) is 0 Å². The van der Waals surface area contributed by atoms with Crippen LogP contribution in [0.3, 0.4) is 0 Å². The number of nitrogens with zero attached hydrogens (tertiary/aromatic N) is 1. The van der Waals surface area contributed by atoms with Gasteiger partial charge in [-0.2, -0.15) is 0 Å². The highest BCUT2D eigenvalue weighted by Gasteiger charge is 2.39. The molecular weight excluding hydrogens is 320 g/mol. The summed E-state index contributed by atoms with van der Waals surface area (Å²) in [6.45, 7) is 1.86. The van der Waals surface area contributed by atoms with Gasteiger partial charge in [-0.3, -0.25) is 9.78 Å². The summed E-state index contributed by atoms with van der Waals surface area (Å²) in [4.78, 5) is 16.3. The zero-order chi connectivity index (χ0) is 17.8. The first-order valence-electron chi connectivity index (χ1n) is 8.35. The van der Waals surface area contributed by atoms with Gasteiger partial charge in [-0.15, -0.1) is 0 Å². The van der Waals surface area contributed by atoms with Crippen molar-refractivity contribution < 1.29 is 19.7 Å². The highest BCUT2D eigenvalue weighted by molar-refractivity contribution is 5.94. The summed E-state index contributed by atoms with van der Waals surface area (Å²) in [5, 5.41) is 23.5. The molecule has 4 atom stereocenters. The van der Waals surface area contributed by atoms with Crippen LogP contribution in [0.25, 0.3) is 0 Å². The number of hydrogen-bond acceptors (Lipinski definition) is 5. The maximum atomic E-state index is 12.3. The highest BCUT2D eigenvalue weighted by atomic mass is 16.5. The summed E-state index contributed by atoms with van der Waals surface area (Å²) in [5.41, 5.74) is 1.32. The third kappa shape index (κ3) is 4.15. The molecule has 0 radical (unpaired) electrons. The first kappa shape index (κ1) is 17.4. The second-order valence-corrected chi connectivity index (χ2v) is 6.36. The van der Waals surface area contributed by atoms with Crippen molar-refractivity contribution in [2.24, 2.45) is 0 Å². The van der Waals surface area contributed by atoms with Gasteiger partial charge >= 0.3 is 0 Å². The monoisotopic (exact) mass is 342 g/mol. The van der Waals surface area contributed by atoms with E-state index in [2.05, 4.69) is 10.3 Å². The van der Waals surface area contributed by atoms with E-state index in [1.54, 1.807) is 24.4 Å². The Hall–Kier alpha value is -2.44. The minimum absolute atomic E-state index is 0.310. The maximum absolute atomic E-state index is 12.3. The molecule has 6 heteroatoms. The van der Waals surface area contributed by atoms with Crippen LogP contribution in [0.4, 0.5) is 0 Å². The van der Waals surface area contributed by atoms with Gasteiger partial charge in [0.1, 0.15) is 24.1 Å². The van der Waals surface area contributed by atoms with E-state index < -0.39 is 24.4 Å². The summed E-state index contributed by atoms with van der Waals surface area (Å²) in [6.07, 6.45) is 1.52. The third-order valence-corrected chi connectivity index (χ3v) is 4.39. The van der Waals surface area contributed by atoms with Gasteiger partial charge in [0, 0.05) is 12.4 Å². The van der Waals surface area contributed by atoms with E-state index in [1.165, 1.54) is 6.20 Å². The Labute approximate surface area is 146 Å². The molecule has 6 nitrogen and oxygen atoms in total. The lowest BCUT2D eigenvalue weighted by molar-refractivity contribution is -0.0874. The highest BCUT2D eigenvalue weighted by Crippen LogP contribution is 2.25. The number of hydrogen-bond donors (Lipinski definition) is 3. The summed E-state index contributed by atoms with van der Waals surface area (Å²) >= 11 is 0. The normalized spacial score (nSPS) is 26.0. The van der Waals surface area contributed by atoms with Gasteiger partial charge in [0.15, 0.2) is 0 Å². The van der Waals surface area contributed by atoms with Crippen molar-refractivity contribution in [3.8, 4) is 5.75 Å². The van der Waals surface area contributed by atoms with Crippen molar-refractivity contribution in [1.29, 1.82) is 0 Å². The molecule has 3 rings (SSSR count). The number of ether oxygens (including phenoxy) is 1. The number of carbonyl (C=O) groups is 1. The number of aliphatic hydroxyl groups excluding tert-OH is 2. The van der Waals surface area contributed by atoms with Gasteiger partial charge in [-0.1, -0.05) is 18.2 Å². The largest absolute Gasteiger partial charge is 0.488 e. The molecule has 132 valence electrons. The van der Waals surface area contributed by atoms with Crippen molar-refractivity contribution in [2.75, 3.05) is 0 Å². The average Bonchev–Trinajstić information content (AvgIpc) is 2.62. The number of amides is 1. The molecule has 0 saturated heterocycles.